The molecule has 0 radical (unpaired) electrons. The molecule has 4 amide bonds. The monoisotopic (exact) mass is 419 g/mol. The van der Waals surface area contributed by atoms with Crippen molar-refractivity contribution >= 4 is 17.8 Å². The van der Waals surface area contributed by atoms with E-state index in [-0.39, 0.29) is 28.3 Å². The Hall–Kier alpha value is -2.51. The summed E-state index contributed by atoms with van der Waals surface area (Å²) in [5.74, 6) is -2.58. The largest absolute Gasteiger partial charge is 0.338 e. The van der Waals surface area contributed by atoms with Crippen LogP contribution in [0.5, 0.6) is 0 Å². The van der Waals surface area contributed by atoms with Crippen molar-refractivity contribution in [2.75, 3.05) is 13.1 Å². The van der Waals surface area contributed by atoms with Crippen LogP contribution in [0.1, 0.15) is 52.5 Å². The average molecular weight is 419 g/mol. The van der Waals surface area contributed by atoms with Gasteiger partial charge in [-0.1, -0.05) is 20.8 Å². The minimum atomic E-state index is -1.77. The number of carbonyl (C=O) groups is 3. The minimum Gasteiger partial charge on any atom is -0.338 e. The second-order valence-corrected chi connectivity index (χ2v) is 10.3. The van der Waals surface area contributed by atoms with Gasteiger partial charge in [0.1, 0.15) is 23.7 Å². The van der Waals surface area contributed by atoms with E-state index < -0.39 is 35.7 Å². The molecule has 30 heavy (non-hydrogen) atoms. The van der Waals surface area contributed by atoms with E-state index in [1.54, 1.807) is 4.90 Å². The Bertz CT molecular complexity index is 950. The van der Waals surface area contributed by atoms with Gasteiger partial charge in [-0.3, -0.25) is 14.5 Å². The zero-order valence-corrected chi connectivity index (χ0v) is 17.7. The highest BCUT2D eigenvalue weighted by molar-refractivity contribution is 6.09. The van der Waals surface area contributed by atoms with Crippen LogP contribution in [0.2, 0.25) is 0 Å². The molecule has 0 aromatic heterocycles. The van der Waals surface area contributed by atoms with Crippen molar-refractivity contribution in [3.63, 3.8) is 0 Å². The van der Waals surface area contributed by atoms with Crippen LogP contribution >= 0.6 is 0 Å². The zero-order chi connectivity index (χ0) is 22.1. The fourth-order valence-corrected chi connectivity index (χ4v) is 5.88. The van der Waals surface area contributed by atoms with E-state index in [9.17, 15) is 23.2 Å². The number of imide groups is 1. The third kappa shape index (κ3) is 3.26. The number of fused-ring (bicyclic) bond motifs is 2. The maximum absolute atomic E-state index is 14.3. The summed E-state index contributed by atoms with van der Waals surface area (Å²) in [5.41, 5.74) is -1.88. The molecule has 3 aliphatic rings. The molecule has 2 aliphatic heterocycles. The molecule has 0 unspecified atom stereocenters. The Balaban J connectivity index is 1.54. The fourth-order valence-electron chi connectivity index (χ4n) is 5.88. The molecule has 1 saturated carbocycles. The van der Waals surface area contributed by atoms with E-state index in [1.165, 1.54) is 6.92 Å². The predicted octanol–water partition coefficient (Wildman–Crippen LogP) is 3.16. The summed E-state index contributed by atoms with van der Waals surface area (Å²) in [7, 11) is 0. The number of amides is 4. The highest BCUT2D eigenvalue weighted by atomic mass is 19.1. The molecular formula is C22H27F2N3O3. The van der Waals surface area contributed by atoms with E-state index in [2.05, 4.69) is 26.1 Å². The van der Waals surface area contributed by atoms with Crippen molar-refractivity contribution in [2.24, 2.45) is 10.8 Å². The fraction of sp³-hybridized carbons (Fsp3) is 0.591. The molecule has 1 aromatic carbocycles. The Morgan fingerprint density at radius 2 is 1.87 bits per heavy atom. The number of rotatable bonds is 3. The molecule has 2 heterocycles. The number of benzene rings is 1. The molecular weight excluding hydrogens is 392 g/mol. The number of hydrogen-bond acceptors (Lipinski definition) is 3. The SMILES string of the molecule is CC1(C)C[C@@H]2C[C@@](C)(CN2C(=O)CN2C(=O)N[C@](C)(c3cc(F)ccc3F)C2=O)C1. The van der Waals surface area contributed by atoms with Crippen LogP contribution in [0.4, 0.5) is 13.6 Å². The predicted molar refractivity (Wildman–Crippen MR) is 105 cm³/mol. The summed E-state index contributed by atoms with van der Waals surface area (Å²) >= 11 is 0. The molecule has 2 saturated heterocycles. The number of carbonyl (C=O) groups excluding carboxylic acids is 3. The van der Waals surface area contributed by atoms with Gasteiger partial charge >= 0.3 is 6.03 Å². The number of nitrogens with zero attached hydrogens (tertiary/aromatic N) is 2. The van der Waals surface area contributed by atoms with Gasteiger partial charge < -0.3 is 10.2 Å². The van der Waals surface area contributed by atoms with E-state index in [1.807, 2.05) is 0 Å². The molecule has 1 N–H and O–H groups in total. The number of hydrogen-bond donors (Lipinski definition) is 1. The summed E-state index contributed by atoms with van der Waals surface area (Å²) in [6, 6.07) is 2.05. The molecule has 4 rings (SSSR count). The Morgan fingerprint density at radius 1 is 1.17 bits per heavy atom. The van der Waals surface area contributed by atoms with Crippen LogP contribution in [-0.4, -0.2) is 46.8 Å². The molecule has 8 heteroatoms. The van der Waals surface area contributed by atoms with E-state index in [0.29, 0.717) is 6.54 Å². The first-order chi connectivity index (χ1) is 13.8. The molecule has 162 valence electrons. The average Bonchev–Trinajstić information content (AvgIpc) is 3.00. The Kier molecular flexibility index (Phi) is 4.49. The highest BCUT2D eigenvalue weighted by Gasteiger charge is 2.54. The van der Waals surface area contributed by atoms with Crippen LogP contribution in [0.25, 0.3) is 0 Å². The number of likely N-dealkylation sites (tertiary alicyclic amines) is 1. The lowest BCUT2D eigenvalue weighted by molar-refractivity contribution is -0.139. The number of nitrogens with one attached hydrogen (secondary N) is 1. The third-order valence-corrected chi connectivity index (χ3v) is 6.77. The van der Waals surface area contributed by atoms with Crippen LogP contribution in [0.3, 0.4) is 0 Å². The smallest absolute Gasteiger partial charge is 0.325 e. The van der Waals surface area contributed by atoms with Crippen molar-refractivity contribution in [3.05, 3.63) is 35.4 Å². The van der Waals surface area contributed by atoms with Crippen molar-refractivity contribution in [1.82, 2.24) is 15.1 Å². The summed E-state index contributed by atoms with van der Waals surface area (Å²) in [5, 5.41) is 2.44. The second kappa shape index (κ2) is 6.49. The second-order valence-electron chi connectivity index (χ2n) is 10.3. The van der Waals surface area contributed by atoms with E-state index in [4.69, 9.17) is 0 Å². The number of urea groups is 1. The first-order valence-electron chi connectivity index (χ1n) is 10.2. The molecule has 1 aromatic rings. The lowest BCUT2D eigenvalue weighted by Gasteiger charge is -2.39. The first-order valence-corrected chi connectivity index (χ1v) is 10.2. The zero-order valence-electron chi connectivity index (χ0n) is 17.7. The van der Waals surface area contributed by atoms with Crippen LogP contribution in [-0.2, 0) is 15.1 Å². The lowest BCUT2D eigenvalue weighted by atomic mass is 9.65. The van der Waals surface area contributed by atoms with Gasteiger partial charge in [0.15, 0.2) is 0 Å². The summed E-state index contributed by atoms with van der Waals surface area (Å²) in [6.07, 6.45) is 2.80. The van der Waals surface area contributed by atoms with Crippen LogP contribution in [0.15, 0.2) is 18.2 Å². The van der Waals surface area contributed by atoms with Gasteiger partial charge in [0, 0.05) is 18.2 Å². The van der Waals surface area contributed by atoms with E-state index >= 15 is 0 Å². The van der Waals surface area contributed by atoms with Crippen molar-refractivity contribution < 1.29 is 23.2 Å². The van der Waals surface area contributed by atoms with Gasteiger partial charge in [-0.25, -0.2) is 13.6 Å². The van der Waals surface area contributed by atoms with E-state index in [0.717, 1.165) is 42.4 Å². The molecule has 2 bridgehead atoms. The minimum absolute atomic E-state index is 0.0264. The van der Waals surface area contributed by atoms with Crippen LogP contribution < -0.4 is 5.32 Å². The Labute approximate surface area is 174 Å². The van der Waals surface area contributed by atoms with Gasteiger partial charge in [-0.15, -0.1) is 0 Å². The number of halogens is 2. The molecule has 0 spiro atoms. The van der Waals surface area contributed by atoms with Crippen molar-refractivity contribution in [2.45, 2.75) is 58.5 Å². The lowest BCUT2D eigenvalue weighted by Crippen LogP contribution is -2.46. The highest BCUT2D eigenvalue weighted by Crippen LogP contribution is 2.52. The molecule has 6 nitrogen and oxygen atoms in total. The van der Waals surface area contributed by atoms with Gasteiger partial charge in [0.25, 0.3) is 5.91 Å². The summed E-state index contributed by atoms with van der Waals surface area (Å²) in [6.45, 7) is 8.07. The normalized spacial score (nSPS) is 32.5. The third-order valence-electron chi connectivity index (χ3n) is 6.77. The maximum Gasteiger partial charge on any atom is 0.325 e. The summed E-state index contributed by atoms with van der Waals surface area (Å²) < 4.78 is 28.0. The first kappa shape index (κ1) is 20.8. The quantitative estimate of drug-likeness (QED) is 0.766. The van der Waals surface area contributed by atoms with Gasteiger partial charge in [-0.2, -0.15) is 0 Å². The molecule has 1 aliphatic carbocycles. The van der Waals surface area contributed by atoms with Gasteiger partial charge in [0.05, 0.1) is 0 Å². The van der Waals surface area contributed by atoms with Gasteiger partial charge in [-0.05, 0) is 55.2 Å². The maximum atomic E-state index is 14.3. The van der Waals surface area contributed by atoms with Crippen molar-refractivity contribution in [3.8, 4) is 0 Å². The Morgan fingerprint density at radius 3 is 2.57 bits per heavy atom. The van der Waals surface area contributed by atoms with Gasteiger partial charge in [0.2, 0.25) is 5.91 Å². The van der Waals surface area contributed by atoms with Crippen LogP contribution in [0, 0.1) is 22.5 Å². The molecule has 3 fully saturated rings. The topological polar surface area (TPSA) is 69.7 Å². The van der Waals surface area contributed by atoms with Crippen molar-refractivity contribution in [1.29, 1.82) is 0 Å². The summed E-state index contributed by atoms with van der Waals surface area (Å²) in [4.78, 5) is 41.2. The molecule has 3 atom stereocenters. The standard InChI is InChI=1S/C22H27F2N3O3/c1-20(2)8-14-9-21(3,11-20)12-27(14)17(28)10-26-18(29)22(4,25-19(26)30)15-7-13(23)5-6-16(15)24/h5-7,14H,8-12H2,1-4H3,(H,25,30)/t14-,21-,22-/m1/s1.